The molecule has 0 saturated heterocycles. The van der Waals surface area contributed by atoms with Crippen LogP contribution in [0.2, 0.25) is 0 Å². The van der Waals surface area contributed by atoms with Gasteiger partial charge in [-0.15, -0.1) is 11.8 Å². The Labute approximate surface area is 52.5 Å². The van der Waals surface area contributed by atoms with Crippen molar-refractivity contribution >= 4 is 18.0 Å². The SMILES string of the molecule is O=[C]C1C=CC=CS1. The van der Waals surface area contributed by atoms with Crippen LogP contribution in [0.3, 0.4) is 0 Å². The fraction of sp³-hybridized carbons (Fsp3) is 0.167. The molecule has 0 aromatic carbocycles. The average Bonchev–Trinajstić information content (AvgIpc) is 1.90. The minimum atomic E-state index is -0.0694. The maximum Gasteiger partial charge on any atom is 0.217 e. The minimum absolute atomic E-state index is 0.0694. The molecule has 8 heavy (non-hydrogen) atoms. The third kappa shape index (κ3) is 1.23. The molecule has 0 aromatic heterocycles. The van der Waals surface area contributed by atoms with Crippen molar-refractivity contribution in [3.05, 3.63) is 23.6 Å². The summed E-state index contributed by atoms with van der Waals surface area (Å²) in [6, 6.07) is 0. The van der Waals surface area contributed by atoms with E-state index in [2.05, 4.69) is 0 Å². The Kier molecular flexibility index (Phi) is 1.92. The molecule has 0 N–H and O–H groups in total. The van der Waals surface area contributed by atoms with Crippen LogP contribution in [0.5, 0.6) is 0 Å². The van der Waals surface area contributed by atoms with Gasteiger partial charge in [-0.1, -0.05) is 18.2 Å². The van der Waals surface area contributed by atoms with Gasteiger partial charge in [0.25, 0.3) is 0 Å². The molecule has 1 unspecified atom stereocenters. The fourth-order valence-corrected chi connectivity index (χ4v) is 1.04. The zero-order valence-electron chi connectivity index (χ0n) is 4.20. The number of allylic oxidation sites excluding steroid dienone is 2. The monoisotopic (exact) mass is 125 g/mol. The van der Waals surface area contributed by atoms with Gasteiger partial charge in [0, 0.05) is 0 Å². The summed E-state index contributed by atoms with van der Waals surface area (Å²) in [5.41, 5.74) is 0. The molecular formula is C6H5OS. The molecule has 0 aromatic rings. The van der Waals surface area contributed by atoms with Crippen molar-refractivity contribution in [2.24, 2.45) is 0 Å². The van der Waals surface area contributed by atoms with E-state index >= 15 is 0 Å². The van der Waals surface area contributed by atoms with Crippen molar-refractivity contribution in [3.8, 4) is 0 Å². The number of thioether (sulfide) groups is 1. The van der Waals surface area contributed by atoms with E-state index in [-0.39, 0.29) is 5.25 Å². The molecule has 1 rings (SSSR count). The van der Waals surface area contributed by atoms with Crippen LogP contribution in [0, 0.1) is 0 Å². The van der Waals surface area contributed by atoms with Gasteiger partial charge in [0.2, 0.25) is 6.29 Å². The summed E-state index contributed by atoms with van der Waals surface area (Å²) in [4.78, 5) is 9.93. The molecule has 1 heterocycles. The summed E-state index contributed by atoms with van der Waals surface area (Å²) in [6.07, 6.45) is 7.45. The number of hydrogen-bond donors (Lipinski definition) is 0. The maximum absolute atomic E-state index is 9.93. The summed E-state index contributed by atoms with van der Waals surface area (Å²) in [6.45, 7) is 0. The first-order valence-corrected chi connectivity index (χ1v) is 3.24. The number of rotatable bonds is 1. The molecule has 0 saturated carbocycles. The largest absolute Gasteiger partial charge is 0.289 e. The van der Waals surface area contributed by atoms with Crippen LogP contribution < -0.4 is 0 Å². The van der Waals surface area contributed by atoms with E-state index < -0.39 is 0 Å². The number of hydrogen-bond acceptors (Lipinski definition) is 2. The highest BCUT2D eigenvalue weighted by molar-refractivity contribution is 8.03. The van der Waals surface area contributed by atoms with Crippen molar-refractivity contribution in [2.75, 3.05) is 0 Å². The normalized spacial score (nSPS) is 25.8. The Bertz CT molecular complexity index is 137. The Balaban J connectivity index is 2.51. The van der Waals surface area contributed by atoms with Crippen molar-refractivity contribution < 1.29 is 4.79 Å². The van der Waals surface area contributed by atoms with Gasteiger partial charge in [-0.2, -0.15) is 0 Å². The summed E-state index contributed by atoms with van der Waals surface area (Å²) in [5, 5.41) is 1.82. The second kappa shape index (κ2) is 2.72. The van der Waals surface area contributed by atoms with Gasteiger partial charge in [-0.05, 0) is 5.41 Å². The van der Waals surface area contributed by atoms with Crippen LogP contribution in [0.25, 0.3) is 0 Å². The van der Waals surface area contributed by atoms with E-state index in [0.29, 0.717) is 0 Å². The summed E-state index contributed by atoms with van der Waals surface area (Å²) < 4.78 is 0. The highest BCUT2D eigenvalue weighted by Crippen LogP contribution is 2.15. The first kappa shape index (κ1) is 5.63. The van der Waals surface area contributed by atoms with Crippen LogP contribution in [-0.4, -0.2) is 11.5 Å². The van der Waals surface area contributed by atoms with Crippen molar-refractivity contribution in [1.82, 2.24) is 0 Å². The van der Waals surface area contributed by atoms with Crippen LogP contribution in [-0.2, 0) is 4.79 Å². The van der Waals surface area contributed by atoms with Crippen molar-refractivity contribution in [2.45, 2.75) is 5.25 Å². The summed E-state index contributed by atoms with van der Waals surface area (Å²) in [7, 11) is 0. The van der Waals surface area contributed by atoms with Gasteiger partial charge in [0.05, 0.1) is 5.25 Å². The second-order valence-corrected chi connectivity index (χ2v) is 2.44. The van der Waals surface area contributed by atoms with Crippen molar-refractivity contribution in [3.63, 3.8) is 0 Å². The molecule has 1 nitrogen and oxygen atoms in total. The van der Waals surface area contributed by atoms with Gasteiger partial charge in [-0.25, -0.2) is 0 Å². The zero-order chi connectivity index (χ0) is 5.82. The second-order valence-electron chi connectivity index (χ2n) is 1.39. The van der Waals surface area contributed by atoms with Crippen LogP contribution in [0.15, 0.2) is 23.6 Å². The molecule has 41 valence electrons. The standard InChI is InChI=1S/C6H5OS/c7-5-6-3-1-2-4-8-6/h1-4,6H. The predicted molar refractivity (Wildman–Crippen MR) is 35.4 cm³/mol. The molecule has 0 fully saturated rings. The summed E-state index contributed by atoms with van der Waals surface area (Å²) in [5.74, 6) is 0. The van der Waals surface area contributed by atoms with Gasteiger partial charge >= 0.3 is 0 Å². The van der Waals surface area contributed by atoms with E-state index in [4.69, 9.17) is 0 Å². The Morgan fingerprint density at radius 1 is 1.50 bits per heavy atom. The third-order valence-electron chi connectivity index (χ3n) is 0.817. The molecule has 0 spiro atoms. The lowest BCUT2D eigenvalue weighted by atomic mass is 10.4. The highest BCUT2D eigenvalue weighted by atomic mass is 32.2. The molecule has 1 aliphatic heterocycles. The first-order chi connectivity index (χ1) is 3.93. The lowest BCUT2D eigenvalue weighted by Crippen LogP contribution is -1.98. The Hall–Kier alpha value is -0.500. The van der Waals surface area contributed by atoms with Gasteiger partial charge in [0.15, 0.2) is 0 Å². The molecular weight excluding hydrogens is 120 g/mol. The molecule has 1 atom stereocenters. The maximum atomic E-state index is 9.93. The fourth-order valence-electron chi connectivity index (χ4n) is 0.453. The first-order valence-electron chi connectivity index (χ1n) is 2.30. The average molecular weight is 125 g/mol. The molecule has 1 radical (unpaired) electrons. The highest BCUT2D eigenvalue weighted by Gasteiger charge is 2.02. The molecule has 1 aliphatic rings. The van der Waals surface area contributed by atoms with Gasteiger partial charge in [0.1, 0.15) is 0 Å². The smallest absolute Gasteiger partial charge is 0.217 e. The predicted octanol–water partition coefficient (Wildman–Crippen LogP) is 1.28. The van der Waals surface area contributed by atoms with E-state index in [9.17, 15) is 4.79 Å². The lowest BCUT2D eigenvalue weighted by Gasteiger charge is -1.99. The summed E-state index contributed by atoms with van der Waals surface area (Å²) >= 11 is 1.47. The molecule has 0 aliphatic carbocycles. The zero-order valence-corrected chi connectivity index (χ0v) is 5.02. The minimum Gasteiger partial charge on any atom is -0.289 e. The van der Waals surface area contributed by atoms with E-state index in [0.717, 1.165) is 0 Å². The Morgan fingerprint density at radius 3 is 2.75 bits per heavy atom. The van der Waals surface area contributed by atoms with Crippen LogP contribution >= 0.6 is 11.8 Å². The van der Waals surface area contributed by atoms with Crippen molar-refractivity contribution in [1.29, 1.82) is 0 Å². The van der Waals surface area contributed by atoms with E-state index in [1.165, 1.54) is 11.8 Å². The van der Waals surface area contributed by atoms with Crippen LogP contribution in [0.4, 0.5) is 0 Å². The molecule has 0 amide bonds. The number of carbonyl (C=O) groups excluding carboxylic acids is 1. The van der Waals surface area contributed by atoms with E-state index in [1.807, 2.05) is 29.9 Å². The molecule has 0 bridgehead atoms. The quantitative estimate of drug-likeness (QED) is 0.525. The molecule has 2 heteroatoms. The van der Waals surface area contributed by atoms with E-state index in [1.54, 1.807) is 0 Å². The Morgan fingerprint density at radius 2 is 2.38 bits per heavy atom. The third-order valence-corrected chi connectivity index (χ3v) is 1.68. The topological polar surface area (TPSA) is 17.1 Å². The lowest BCUT2D eigenvalue weighted by molar-refractivity contribution is 0.557. The van der Waals surface area contributed by atoms with Gasteiger partial charge < -0.3 is 0 Å². The van der Waals surface area contributed by atoms with Gasteiger partial charge in [-0.3, -0.25) is 4.79 Å². The van der Waals surface area contributed by atoms with Crippen LogP contribution in [0.1, 0.15) is 0 Å².